The molecular formula is C24H31N3O3. The SMILES string of the molecule is COc1ccc(C(C)=O)cc1CN1CCN(CC(=O)Nc2cccc(C)c2C)CC1. The van der Waals surface area contributed by atoms with Crippen LogP contribution in [0.1, 0.15) is 34.0 Å². The van der Waals surface area contributed by atoms with Crippen LogP contribution in [0.25, 0.3) is 0 Å². The monoisotopic (exact) mass is 409 g/mol. The molecule has 0 aromatic heterocycles. The lowest BCUT2D eigenvalue weighted by molar-refractivity contribution is -0.117. The van der Waals surface area contributed by atoms with Crippen LogP contribution in [-0.4, -0.2) is 61.3 Å². The summed E-state index contributed by atoms with van der Waals surface area (Å²) in [5, 5.41) is 3.04. The van der Waals surface area contributed by atoms with Gasteiger partial charge in [-0.2, -0.15) is 0 Å². The second-order valence-corrected chi connectivity index (χ2v) is 7.93. The molecule has 1 amide bonds. The molecule has 2 aromatic carbocycles. The molecule has 1 N–H and O–H groups in total. The van der Waals surface area contributed by atoms with Crippen molar-refractivity contribution in [2.24, 2.45) is 0 Å². The van der Waals surface area contributed by atoms with E-state index < -0.39 is 0 Å². The molecule has 2 aromatic rings. The number of nitrogens with one attached hydrogen (secondary N) is 1. The average Bonchev–Trinajstić information content (AvgIpc) is 2.72. The van der Waals surface area contributed by atoms with Crippen molar-refractivity contribution in [3.8, 4) is 5.75 Å². The first-order valence-corrected chi connectivity index (χ1v) is 10.4. The van der Waals surface area contributed by atoms with Crippen LogP contribution in [0.3, 0.4) is 0 Å². The summed E-state index contributed by atoms with van der Waals surface area (Å²) in [4.78, 5) is 28.7. The molecule has 3 rings (SSSR count). The molecule has 0 unspecified atom stereocenters. The normalized spacial score (nSPS) is 15.1. The Hall–Kier alpha value is -2.70. The van der Waals surface area contributed by atoms with Crippen molar-refractivity contribution >= 4 is 17.4 Å². The summed E-state index contributed by atoms with van der Waals surface area (Å²) in [6.07, 6.45) is 0. The number of hydrogen-bond donors (Lipinski definition) is 1. The summed E-state index contributed by atoms with van der Waals surface area (Å²) in [6, 6.07) is 11.5. The largest absolute Gasteiger partial charge is 0.496 e. The second-order valence-electron chi connectivity index (χ2n) is 7.93. The summed E-state index contributed by atoms with van der Waals surface area (Å²) in [7, 11) is 1.65. The molecular weight excluding hydrogens is 378 g/mol. The van der Waals surface area contributed by atoms with Gasteiger partial charge in [0.1, 0.15) is 5.75 Å². The van der Waals surface area contributed by atoms with Crippen LogP contribution < -0.4 is 10.1 Å². The fourth-order valence-electron chi connectivity index (χ4n) is 3.75. The van der Waals surface area contributed by atoms with E-state index in [1.54, 1.807) is 20.1 Å². The van der Waals surface area contributed by atoms with Crippen LogP contribution >= 0.6 is 0 Å². The highest BCUT2D eigenvalue weighted by Gasteiger charge is 2.20. The molecule has 1 aliphatic heterocycles. The molecule has 0 aliphatic carbocycles. The standard InChI is InChI=1S/C24H31N3O3/c1-17-6-5-7-22(18(17)2)25-24(29)16-27-12-10-26(11-13-27)15-21-14-20(19(3)28)8-9-23(21)30-4/h5-9,14H,10-13,15-16H2,1-4H3,(H,25,29). The first-order valence-electron chi connectivity index (χ1n) is 10.4. The third-order valence-corrected chi connectivity index (χ3v) is 5.79. The van der Waals surface area contributed by atoms with Gasteiger partial charge in [-0.15, -0.1) is 0 Å². The fraction of sp³-hybridized carbons (Fsp3) is 0.417. The number of hydrogen-bond acceptors (Lipinski definition) is 5. The van der Waals surface area contributed by atoms with Crippen LogP contribution in [0.5, 0.6) is 5.75 Å². The van der Waals surface area contributed by atoms with Crippen LogP contribution in [0.2, 0.25) is 0 Å². The molecule has 1 aliphatic rings. The molecule has 6 heteroatoms. The zero-order valence-corrected chi connectivity index (χ0v) is 18.3. The Morgan fingerprint density at radius 2 is 1.73 bits per heavy atom. The van der Waals surface area contributed by atoms with Gasteiger partial charge in [-0.05, 0) is 56.2 Å². The highest BCUT2D eigenvalue weighted by atomic mass is 16.5. The number of piperazine rings is 1. The van der Waals surface area contributed by atoms with Crippen molar-refractivity contribution in [2.75, 3.05) is 45.2 Å². The zero-order chi connectivity index (χ0) is 21.7. The summed E-state index contributed by atoms with van der Waals surface area (Å²) in [5.74, 6) is 0.877. The summed E-state index contributed by atoms with van der Waals surface area (Å²) < 4.78 is 5.47. The Morgan fingerprint density at radius 3 is 2.40 bits per heavy atom. The van der Waals surface area contributed by atoms with E-state index in [4.69, 9.17) is 4.74 Å². The Morgan fingerprint density at radius 1 is 1.03 bits per heavy atom. The number of ketones is 1. The van der Waals surface area contributed by atoms with Gasteiger partial charge in [0.2, 0.25) is 5.91 Å². The number of anilines is 1. The average molecular weight is 410 g/mol. The number of nitrogens with zero attached hydrogens (tertiary/aromatic N) is 2. The van der Waals surface area contributed by atoms with Gasteiger partial charge in [0.25, 0.3) is 0 Å². The predicted molar refractivity (Wildman–Crippen MR) is 119 cm³/mol. The Labute approximate surface area is 178 Å². The number of aryl methyl sites for hydroxylation is 1. The Kier molecular flexibility index (Phi) is 7.24. The zero-order valence-electron chi connectivity index (χ0n) is 18.3. The Bertz CT molecular complexity index is 918. The van der Waals surface area contributed by atoms with E-state index in [1.807, 2.05) is 44.2 Å². The molecule has 0 radical (unpaired) electrons. The summed E-state index contributed by atoms with van der Waals surface area (Å²) in [6.45, 7) is 10.2. The number of carbonyl (C=O) groups is 2. The van der Waals surface area contributed by atoms with Gasteiger partial charge in [0.15, 0.2) is 5.78 Å². The topological polar surface area (TPSA) is 61.9 Å². The van der Waals surface area contributed by atoms with Gasteiger partial charge < -0.3 is 10.1 Å². The van der Waals surface area contributed by atoms with Crippen molar-refractivity contribution in [2.45, 2.75) is 27.3 Å². The van der Waals surface area contributed by atoms with E-state index in [-0.39, 0.29) is 11.7 Å². The van der Waals surface area contributed by atoms with Gasteiger partial charge in [-0.1, -0.05) is 12.1 Å². The number of benzene rings is 2. The molecule has 0 saturated carbocycles. The summed E-state index contributed by atoms with van der Waals surface area (Å²) >= 11 is 0. The maximum absolute atomic E-state index is 12.5. The van der Waals surface area contributed by atoms with Gasteiger partial charge in [-0.3, -0.25) is 19.4 Å². The van der Waals surface area contributed by atoms with E-state index in [2.05, 4.69) is 15.1 Å². The number of carbonyl (C=O) groups excluding carboxylic acids is 2. The highest BCUT2D eigenvalue weighted by Crippen LogP contribution is 2.23. The number of ether oxygens (including phenoxy) is 1. The minimum absolute atomic E-state index is 0.0213. The Balaban J connectivity index is 1.53. The number of Topliss-reactive ketones (excluding diaryl/α,β-unsaturated/α-hetero) is 1. The van der Waals surface area contributed by atoms with Crippen LogP contribution in [0.4, 0.5) is 5.69 Å². The third kappa shape index (κ3) is 5.46. The lowest BCUT2D eigenvalue weighted by atomic mass is 10.1. The molecule has 0 bridgehead atoms. The van der Waals surface area contributed by atoms with E-state index in [0.29, 0.717) is 12.1 Å². The first-order chi connectivity index (χ1) is 14.4. The smallest absolute Gasteiger partial charge is 0.238 e. The maximum atomic E-state index is 12.5. The van der Waals surface area contributed by atoms with Gasteiger partial charge in [0, 0.05) is 49.5 Å². The lowest BCUT2D eigenvalue weighted by Gasteiger charge is -2.34. The molecule has 0 spiro atoms. The van der Waals surface area contributed by atoms with Crippen molar-refractivity contribution in [1.29, 1.82) is 0 Å². The van der Waals surface area contributed by atoms with Crippen molar-refractivity contribution in [1.82, 2.24) is 9.80 Å². The van der Waals surface area contributed by atoms with E-state index in [1.165, 1.54) is 5.56 Å². The molecule has 0 atom stereocenters. The second kappa shape index (κ2) is 9.87. The molecule has 1 heterocycles. The minimum Gasteiger partial charge on any atom is -0.496 e. The molecule has 6 nitrogen and oxygen atoms in total. The van der Waals surface area contributed by atoms with Crippen molar-refractivity contribution in [3.63, 3.8) is 0 Å². The van der Waals surface area contributed by atoms with Crippen LogP contribution in [-0.2, 0) is 11.3 Å². The van der Waals surface area contributed by atoms with Crippen molar-refractivity contribution < 1.29 is 14.3 Å². The number of methoxy groups -OCH3 is 1. The van der Waals surface area contributed by atoms with Gasteiger partial charge in [0.05, 0.1) is 13.7 Å². The maximum Gasteiger partial charge on any atom is 0.238 e. The van der Waals surface area contributed by atoms with E-state index in [9.17, 15) is 9.59 Å². The van der Waals surface area contributed by atoms with E-state index >= 15 is 0 Å². The van der Waals surface area contributed by atoms with Crippen molar-refractivity contribution in [3.05, 3.63) is 58.7 Å². The van der Waals surface area contributed by atoms with Gasteiger partial charge >= 0.3 is 0 Å². The molecule has 1 fully saturated rings. The van der Waals surface area contributed by atoms with E-state index in [0.717, 1.165) is 55.3 Å². The molecule has 1 saturated heterocycles. The van der Waals surface area contributed by atoms with Crippen LogP contribution in [0, 0.1) is 13.8 Å². The molecule has 30 heavy (non-hydrogen) atoms. The van der Waals surface area contributed by atoms with Crippen LogP contribution in [0.15, 0.2) is 36.4 Å². The predicted octanol–water partition coefficient (Wildman–Crippen LogP) is 3.27. The fourth-order valence-corrected chi connectivity index (χ4v) is 3.75. The quantitative estimate of drug-likeness (QED) is 0.711. The number of amides is 1. The minimum atomic E-state index is 0.0213. The van der Waals surface area contributed by atoms with Gasteiger partial charge in [-0.25, -0.2) is 0 Å². The molecule has 160 valence electrons. The highest BCUT2D eigenvalue weighted by molar-refractivity contribution is 5.94. The first kappa shape index (κ1) is 22.0. The lowest BCUT2D eigenvalue weighted by Crippen LogP contribution is -2.48. The number of rotatable bonds is 7. The summed E-state index contributed by atoms with van der Waals surface area (Å²) in [5.41, 5.74) is 4.89. The third-order valence-electron chi connectivity index (χ3n) is 5.79.